The van der Waals surface area contributed by atoms with Crippen LogP contribution in [0, 0.1) is 11.6 Å². The van der Waals surface area contributed by atoms with E-state index in [4.69, 9.17) is 4.74 Å². The van der Waals surface area contributed by atoms with E-state index in [2.05, 4.69) is 61.4 Å². The molecule has 0 saturated carbocycles. The minimum Gasteiger partial charge on any atom is -0.368 e. The highest BCUT2D eigenvalue weighted by atomic mass is 32.2. The molecule has 0 radical (unpaired) electrons. The Morgan fingerprint density at radius 1 is 0.918 bits per heavy atom. The zero-order chi connectivity index (χ0) is 34.0. The van der Waals surface area contributed by atoms with Crippen LogP contribution in [0.4, 0.5) is 20.2 Å². The van der Waals surface area contributed by atoms with Crippen LogP contribution in [0.5, 0.6) is 0 Å². The third-order valence-electron chi connectivity index (χ3n) is 9.66. The lowest BCUT2D eigenvalue weighted by Gasteiger charge is -2.37. The number of halogens is 2. The Labute approximate surface area is 288 Å². The summed E-state index contributed by atoms with van der Waals surface area (Å²) in [6.45, 7) is 7.94. The first-order valence-corrected chi connectivity index (χ1v) is 17.8. The van der Waals surface area contributed by atoms with Crippen LogP contribution in [0.3, 0.4) is 0 Å². The van der Waals surface area contributed by atoms with Gasteiger partial charge in [0.25, 0.3) is 0 Å². The minimum absolute atomic E-state index is 0.0624. The van der Waals surface area contributed by atoms with E-state index in [-0.39, 0.29) is 17.2 Å². The van der Waals surface area contributed by atoms with Gasteiger partial charge in [-0.15, -0.1) is 11.8 Å². The van der Waals surface area contributed by atoms with Crippen LogP contribution in [0.15, 0.2) is 90.5 Å². The Kier molecular flexibility index (Phi) is 9.55. The van der Waals surface area contributed by atoms with Gasteiger partial charge < -0.3 is 14.5 Å². The molecule has 10 nitrogen and oxygen atoms in total. The molecule has 49 heavy (non-hydrogen) atoms. The molecule has 3 aromatic carbocycles. The normalized spacial score (nSPS) is 20.2. The summed E-state index contributed by atoms with van der Waals surface area (Å²) in [5.74, 6) is -0.469. The molecule has 0 amide bonds. The van der Waals surface area contributed by atoms with Crippen molar-refractivity contribution in [3.05, 3.63) is 119 Å². The zero-order valence-electron chi connectivity index (χ0n) is 27.7. The van der Waals surface area contributed by atoms with E-state index < -0.39 is 17.2 Å². The van der Waals surface area contributed by atoms with Gasteiger partial charge in [-0.3, -0.25) is 0 Å². The van der Waals surface area contributed by atoms with Crippen LogP contribution in [0.1, 0.15) is 50.3 Å². The monoisotopic (exact) mass is 686 g/mol. The number of rotatable bonds is 11. The van der Waals surface area contributed by atoms with Gasteiger partial charge in [-0.05, 0) is 74.2 Å². The lowest BCUT2D eigenvalue weighted by molar-refractivity contribution is -0.0317. The Balaban J connectivity index is 0.925. The van der Waals surface area contributed by atoms with Crippen LogP contribution in [0.25, 0.3) is 5.69 Å². The molecular formula is C36H40F2N8O2S. The Morgan fingerprint density at radius 2 is 1.59 bits per heavy atom. The smallest absolute Gasteiger partial charge is 0.350 e. The Hall–Kier alpha value is -4.49. The number of ether oxygens (including phenoxy) is 1. The van der Waals surface area contributed by atoms with E-state index in [9.17, 15) is 13.6 Å². The van der Waals surface area contributed by atoms with Crippen LogP contribution in [0.2, 0.25) is 0 Å². The van der Waals surface area contributed by atoms with Gasteiger partial charge in [0.05, 0.1) is 18.3 Å². The topological polar surface area (TPSA) is 86.2 Å². The molecule has 4 heterocycles. The molecule has 2 aromatic heterocycles. The molecule has 3 unspecified atom stereocenters. The van der Waals surface area contributed by atoms with Crippen molar-refractivity contribution in [2.45, 2.75) is 62.5 Å². The number of benzene rings is 3. The number of piperazine rings is 1. The van der Waals surface area contributed by atoms with Crippen molar-refractivity contribution in [3.8, 4) is 5.69 Å². The third kappa shape index (κ3) is 7.00. The third-order valence-corrected chi connectivity index (χ3v) is 10.9. The summed E-state index contributed by atoms with van der Waals surface area (Å²) in [4.78, 5) is 21.6. The average molecular weight is 687 g/mol. The molecule has 2 aliphatic heterocycles. The first kappa shape index (κ1) is 33.0. The summed E-state index contributed by atoms with van der Waals surface area (Å²) < 4.78 is 40.0. The molecule has 0 N–H and O–H groups in total. The van der Waals surface area contributed by atoms with Gasteiger partial charge in [0.1, 0.15) is 41.7 Å². The van der Waals surface area contributed by atoms with Crippen molar-refractivity contribution in [2.24, 2.45) is 0 Å². The van der Waals surface area contributed by atoms with Crippen molar-refractivity contribution in [1.82, 2.24) is 29.1 Å². The molecule has 13 heteroatoms. The van der Waals surface area contributed by atoms with Crippen molar-refractivity contribution in [1.29, 1.82) is 0 Å². The van der Waals surface area contributed by atoms with Crippen LogP contribution < -0.4 is 15.5 Å². The summed E-state index contributed by atoms with van der Waals surface area (Å²) in [5.41, 5.74) is 3.46. The number of hydrogen-bond donors (Lipinski definition) is 0. The maximum Gasteiger partial charge on any atom is 0.350 e. The van der Waals surface area contributed by atoms with Crippen molar-refractivity contribution >= 4 is 23.1 Å². The van der Waals surface area contributed by atoms with Crippen LogP contribution in [-0.4, -0.2) is 60.7 Å². The lowest BCUT2D eigenvalue weighted by Crippen LogP contribution is -2.46. The number of hydrogen-bond acceptors (Lipinski definition) is 8. The molecular weight excluding hydrogens is 647 g/mol. The maximum atomic E-state index is 15.0. The van der Waals surface area contributed by atoms with E-state index >= 15 is 0 Å². The fraction of sp³-hybridized carbons (Fsp3) is 0.389. The standard InChI is InChI=1S/C36H40F2N8O2S/c1-3-26(2)46-35(47)45(25-41-46)31-11-9-30(10-12-31)43-18-16-42(17-19-43)29-7-4-27(5-8-29)21-49-34-14-15-36(48-34,22-44-24-39-23-40-44)32-13-6-28(37)20-33(32)38/h4-13,20,23-26,34H,3,14-19,21-22H2,1-2H3. The highest BCUT2D eigenvalue weighted by molar-refractivity contribution is 7.99. The molecule has 2 fully saturated rings. The molecule has 2 aliphatic rings. The van der Waals surface area contributed by atoms with Gasteiger partial charge in [-0.25, -0.2) is 32.5 Å². The number of nitrogens with zero attached hydrogens (tertiary/aromatic N) is 8. The number of aromatic nitrogens is 6. The molecule has 7 rings (SSSR count). The molecule has 0 bridgehead atoms. The fourth-order valence-corrected chi connectivity index (χ4v) is 7.79. The second-order valence-corrected chi connectivity index (χ2v) is 13.9. The van der Waals surface area contributed by atoms with Gasteiger partial charge >= 0.3 is 5.69 Å². The SMILES string of the molecule is CCC(C)n1ncn(-c2ccc(N3CCN(c4ccc(CSC5CCC(Cn6cncn6)(c6ccc(F)cc6F)O5)cc4)CC3)cc2)c1=O. The first-order chi connectivity index (χ1) is 23.8. The average Bonchev–Trinajstić information content (AvgIpc) is 3.88. The van der Waals surface area contributed by atoms with E-state index in [0.29, 0.717) is 18.5 Å². The lowest BCUT2D eigenvalue weighted by atomic mass is 9.90. The molecule has 0 aliphatic carbocycles. The Bertz CT molecular complexity index is 1910. The van der Waals surface area contributed by atoms with E-state index in [1.165, 1.54) is 34.4 Å². The number of anilines is 2. The van der Waals surface area contributed by atoms with Crippen molar-refractivity contribution in [2.75, 3.05) is 36.0 Å². The van der Waals surface area contributed by atoms with Gasteiger partial charge in [-0.1, -0.05) is 25.1 Å². The Morgan fingerprint density at radius 3 is 2.22 bits per heavy atom. The zero-order valence-corrected chi connectivity index (χ0v) is 28.5. The summed E-state index contributed by atoms with van der Waals surface area (Å²) in [6.07, 6.45) is 6.80. The quantitative estimate of drug-likeness (QED) is 0.163. The first-order valence-electron chi connectivity index (χ1n) is 16.7. The van der Waals surface area contributed by atoms with Gasteiger partial charge in [0.15, 0.2) is 0 Å². The highest BCUT2D eigenvalue weighted by Crippen LogP contribution is 2.45. The largest absolute Gasteiger partial charge is 0.368 e. The molecule has 0 spiro atoms. The minimum atomic E-state index is -0.950. The van der Waals surface area contributed by atoms with E-state index in [1.54, 1.807) is 33.7 Å². The van der Waals surface area contributed by atoms with Gasteiger partial charge in [0, 0.05) is 54.9 Å². The molecule has 256 valence electrons. The second kappa shape index (κ2) is 14.2. The molecule has 3 atom stereocenters. The summed E-state index contributed by atoms with van der Waals surface area (Å²) in [6, 6.07) is 20.5. The fourth-order valence-electron chi connectivity index (χ4n) is 6.68. The summed E-state index contributed by atoms with van der Waals surface area (Å²) in [7, 11) is 0. The predicted octanol–water partition coefficient (Wildman–Crippen LogP) is 6.17. The highest BCUT2D eigenvalue weighted by Gasteiger charge is 2.44. The van der Waals surface area contributed by atoms with Crippen molar-refractivity contribution < 1.29 is 13.5 Å². The summed E-state index contributed by atoms with van der Waals surface area (Å²) >= 11 is 1.69. The van der Waals surface area contributed by atoms with E-state index in [0.717, 1.165) is 62.2 Å². The van der Waals surface area contributed by atoms with Crippen molar-refractivity contribution in [3.63, 3.8) is 0 Å². The maximum absolute atomic E-state index is 15.0. The van der Waals surface area contributed by atoms with Crippen LogP contribution >= 0.6 is 11.8 Å². The molecule has 5 aromatic rings. The number of thioether (sulfide) groups is 1. The van der Waals surface area contributed by atoms with Gasteiger partial charge in [0.2, 0.25) is 0 Å². The predicted molar refractivity (Wildman–Crippen MR) is 187 cm³/mol. The van der Waals surface area contributed by atoms with E-state index in [1.807, 2.05) is 26.0 Å². The van der Waals surface area contributed by atoms with Gasteiger partial charge in [-0.2, -0.15) is 10.2 Å². The summed E-state index contributed by atoms with van der Waals surface area (Å²) in [5, 5.41) is 8.51. The second-order valence-electron chi connectivity index (χ2n) is 12.8. The van der Waals surface area contributed by atoms with Crippen LogP contribution in [-0.2, 0) is 22.6 Å². The molecule has 2 saturated heterocycles.